The summed E-state index contributed by atoms with van der Waals surface area (Å²) in [6, 6.07) is 21.1. The molecule has 0 N–H and O–H groups in total. The fraction of sp³-hybridized carbons (Fsp3) is 0.381. The van der Waals surface area contributed by atoms with E-state index in [2.05, 4.69) is 67.3 Å². The van der Waals surface area contributed by atoms with Gasteiger partial charge in [-0.1, -0.05) is 56.3 Å². The van der Waals surface area contributed by atoms with E-state index in [1.807, 2.05) is 12.1 Å². The van der Waals surface area contributed by atoms with Crippen LogP contribution in [0.4, 0.5) is 0 Å². The van der Waals surface area contributed by atoms with Gasteiger partial charge in [-0.2, -0.15) is 5.26 Å². The molecule has 1 aliphatic heterocycles. The maximum Gasteiger partial charge on any atom is 0.0991 e. The van der Waals surface area contributed by atoms with Crippen LogP contribution in [0.2, 0.25) is 0 Å². The van der Waals surface area contributed by atoms with Gasteiger partial charge in [-0.3, -0.25) is 4.90 Å². The SMILES string of the molecule is C[C@H]1CN(Cc2ccccc2)CC[C@]1(C)c1cccc(C#N)c1. The lowest BCUT2D eigenvalue weighted by molar-refractivity contribution is 0.105. The number of hydrogen-bond acceptors (Lipinski definition) is 2. The Morgan fingerprint density at radius 2 is 1.96 bits per heavy atom. The van der Waals surface area contributed by atoms with Crippen molar-refractivity contribution >= 4 is 0 Å². The highest BCUT2D eigenvalue weighted by molar-refractivity contribution is 5.37. The summed E-state index contributed by atoms with van der Waals surface area (Å²) in [5, 5.41) is 9.16. The number of rotatable bonds is 3. The molecule has 0 aliphatic carbocycles. The molecule has 3 rings (SSSR count). The Bertz CT molecular complexity index is 701. The third-order valence-corrected chi connectivity index (χ3v) is 5.47. The molecule has 1 fully saturated rings. The second kappa shape index (κ2) is 6.56. The maximum absolute atomic E-state index is 9.16. The van der Waals surface area contributed by atoms with Crippen molar-refractivity contribution in [3.63, 3.8) is 0 Å². The van der Waals surface area contributed by atoms with Gasteiger partial charge < -0.3 is 0 Å². The van der Waals surface area contributed by atoms with E-state index in [0.29, 0.717) is 5.92 Å². The Hall–Kier alpha value is -2.11. The molecular formula is C21H24N2. The molecule has 2 atom stereocenters. The van der Waals surface area contributed by atoms with Gasteiger partial charge in [-0.05, 0) is 47.6 Å². The van der Waals surface area contributed by atoms with Crippen LogP contribution in [0, 0.1) is 17.2 Å². The number of nitriles is 1. The lowest BCUT2D eigenvalue weighted by atomic mass is 9.68. The molecule has 0 amide bonds. The number of benzene rings is 2. The van der Waals surface area contributed by atoms with Gasteiger partial charge in [0.05, 0.1) is 11.6 Å². The predicted molar refractivity (Wildman–Crippen MR) is 94.0 cm³/mol. The van der Waals surface area contributed by atoms with E-state index in [1.165, 1.54) is 11.1 Å². The molecular weight excluding hydrogens is 280 g/mol. The molecule has 2 nitrogen and oxygen atoms in total. The topological polar surface area (TPSA) is 27.0 Å². The lowest BCUT2D eigenvalue weighted by Crippen LogP contribution is -2.46. The molecule has 118 valence electrons. The summed E-state index contributed by atoms with van der Waals surface area (Å²) in [5.41, 5.74) is 3.61. The van der Waals surface area contributed by atoms with Gasteiger partial charge in [0.15, 0.2) is 0 Å². The third-order valence-electron chi connectivity index (χ3n) is 5.47. The van der Waals surface area contributed by atoms with E-state index in [0.717, 1.165) is 31.6 Å². The van der Waals surface area contributed by atoms with Crippen molar-refractivity contribution in [2.75, 3.05) is 13.1 Å². The van der Waals surface area contributed by atoms with Crippen molar-refractivity contribution in [2.45, 2.75) is 32.2 Å². The van der Waals surface area contributed by atoms with Gasteiger partial charge in [0.1, 0.15) is 0 Å². The van der Waals surface area contributed by atoms with Crippen LogP contribution in [0.25, 0.3) is 0 Å². The van der Waals surface area contributed by atoms with Gasteiger partial charge in [-0.15, -0.1) is 0 Å². The molecule has 2 aromatic rings. The number of hydrogen-bond donors (Lipinski definition) is 0. The summed E-state index contributed by atoms with van der Waals surface area (Å²) in [6.45, 7) is 7.93. The minimum Gasteiger partial charge on any atom is -0.299 e. The molecule has 1 aliphatic rings. The second-order valence-electron chi connectivity index (χ2n) is 6.98. The van der Waals surface area contributed by atoms with Crippen LogP contribution in [0.5, 0.6) is 0 Å². The van der Waals surface area contributed by atoms with Crippen LogP contribution in [0.3, 0.4) is 0 Å². The van der Waals surface area contributed by atoms with E-state index < -0.39 is 0 Å². The van der Waals surface area contributed by atoms with E-state index in [1.54, 1.807) is 0 Å². The minimum atomic E-state index is 0.153. The molecule has 1 saturated heterocycles. The van der Waals surface area contributed by atoms with Gasteiger partial charge in [0.25, 0.3) is 0 Å². The van der Waals surface area contributed by atoms with Gasteiger partial charge in [-0.25, -0.2) is 0 Å². The highest BCUT2D eigenvalue weighted by atomic mass is 15.1. The van der Waals surface area contributed by atoms with Crippen LogP contribution >= 0.6 is 0 Å². The molecule has 0 spiro atoms. The molecule has 0 aromatic heterocycles. The Balaban J connectivity index is 1.74. The molecule has 2 heteroatoms. The normalized spacial score (nSPS) is 25.0. The van der Waals surface area contributed by atoms with E-state index in [-0.39, 0.29) is 5.41 Å². The second-order valence-corrected chi connectivity index (χ2v) is 6.98. The number of piperidine rings is 1. The summed E-state index contributed by atoms with van der Waals surface area (Å²) in [4.78, 5) is 2.55. The Labute approximate surface area is 139 Å². The molecule has 0 saturated carbocycles. The van der Waals surface area contributed by atoms with Gasteiger partial charge in [0, 0.05) is 13.1 Å². The Morgan fingerprint density at radius 1 is 1.17 bits per heavy atom. The van der Waals surface area contributed by atoms with Crippen molar-refractivity contribution in [3.8, 4) is 6.07 Å². The number of nitrogens with zero attached hydrogens (tertiary/aromatic N) is 2. The average Bonchev–Trinajstić information content (AvgIpc) is 2.59. The maximum atomic E-state index is 9.16. The standard InChI is InChI=1S/C21H24N2/c1-17-15-23(16-18-7-4-3-5-8-18)12-11-21(17,2)20-10-6-9-19(13-20)14-22/h3-10,13,17H,11-12,15-16H2,1-2H3/t17-,21-/m0/s1. The van der Waals surface area contributed by atoms with Gasteiger partial charge >= 0.3 is 0 Å². The van der Waals surface area contributed by atoms with Crippen LogP contribution in [-0.2, 0) is 12.0 Å². The summed E-state index contributed by atoms with van der Waals surface area (Å²) in [5.74, 6) is 0.564. The molecule has 1 heterocycles. The Morgan fingerprint density at radius 3 is 2.65 bits per heavy atom. The molecule has 0 bridgehead atoms. The smallest absolute Gasteiger partial charge is 0.0991 e. The van der Waals surface area contributed by atoms with E-state index >= 15 is 0 Å². The quantitative estimate of drug-likeness (QED) is 0.842. The van der Waals surface area contributed by atoms with E-state index in [9.17, 15) is 0 Å². The third kappa shape index (κ3) is 3.30. The Kier molecular flexibility index (Phi) is 4.50. The predicted octanol–water partition coefficient (Wildman–Crippen LogP) is 4.36. The zero-order chi connectivity index (χ0) is 16.3. The summed E-state index contributed by atoms with van der Waals surface area (Å²) >= 11 is 0. The molecule has 0 unspecified atom stereocenters. The van der Waals surface area contributed by atoms with Gasteiger partial charge in [0.2, 0.25) is 0 Å². The van der Waals surface area contributed by atoms with Crippen molar-refractivity contribution in [2.24, 2.45) is 5.92 Å². The molecule has 2 aromatic carbocycles. The van der Waals surface area contributed by atoms with Crippen molar-refractivity contribution in [1.82, 2.24) is 4.90 Å². The summed E-state index contributed by atoms with van der Waals surface area (Å²) in [7, 11) is 0. The average molecular weight is 304 g/mol. The fourth-order valence-corrected chi connectivity index (χ4v) is 3.67. The highest BCUT2D eigenvalue weighted by Gasteiger charge is 2.37. The first-order chi connectivity index (χ1) is 11.1. The lowest BCUT2D eigenvalue weighted by Gasteiger charge is -2.45. The molecule has 0 radical (unpaired) electrons. The van der Waals surface area contributed by atoms with Crippen molar-refractivity contribution in [1.29, 1.82) is 5.26 Å². The first-order valence-electron chi connectivity index (χ1n) is 8.39. The van der Waals surface area contributed by atoms with Crippen LogP contribution < -0.4 is 0 Å². The summed E-state index contributed by atoms with van der Waals surface area (Å²) < 4.78 is 0. The highest BCUT2D eigenvalue weighted by Crippen LogP contribution is 2.39. The van der Waals surface area contributed by atoms with Crippen LogP contribution in [0.1, 0.15) is 37.0 Å². The first kappa shape index (κ1) is 15.8. The zero-order valence-corrected chi connectivity index (χ0v) is 14.0. The van der Waals surface area contributed by atoms with Crippen LogP contribution in [0.15, 0.2) is 54.6 Å². The monoisotopic (exact) mass is 304 g/mol. The summed E-state index contributed by atoms with van der Waals surface area (Å²) in [6.07, 6.45) is 1.13. The largest absolute Gasteiger partial charge is 0.299 e. The van der Waals surface area contributed by atoms with Crippen molar-refractivity contribution in [3.05, 3.63) is 71.3 Å². The fourth-order valence-electron chi connectivity index (χ4n) is 3.67. The molecule has 23 heavy (non-hydrogen) atoms. The van der Waals surface area contributed by atoms with E-state index in [4.69, 9.17) is 5.26 Å². The first-order valence-corrected chi connectivity index (χ1v) is 8.39. The minimum absolute atomic E-state index is 0.153. The number of likely N-dealkylation sites (tertiary alicyclic amines) is 1. The van der Waals surface area contributed by atoms with Crippen LogP contribution in [-0.4, -0.2) is 18.0 Å². The zero-order valence-electron chi connectivity index (χ0n) is 14.0. The van der Waals surface area contributed by atoms with Crippen molar-refractivity contribution < 1.29 is 0 Å².